The van der Waals surface area contributed by atoms with Crippen LogP contribution in [0.2, 0.25) is 0 Å². The summed E-state index contributed by atoms with van der Waals surface area (Å²) >= 11 is 0. The van der Waals surface area contributed by atoms with Crippen molar-refractivity contribution in [2.24, 2.45) is 0 Å². The highest BCUT2D eigenvalue weighted by Crippen LogP contribution is 2.38. The largest absolute Gasteiger partial charge is 0.318 e. The number of carbonyl (C=O) groups excluding carboxylic acids is 3. The Morgan fingerprint density at radius 3 is 2.22 bits per heavy atom. The zero-order valence-corrected chi connectivity index (χ0v) is 15.2. The van der Waals surface area contributed by atoms with Gasteiger partial charge in [-0.25, -0.2) is 0 Å². The number of nitrogens with zero attached hydrogens (tertiary/aromatic N) is 1. The van der Waals surface area contributed by atoms with Gasteiger partial charge in [-0.15, -0.1) is 0 Å². The molecule has 0 radical (unpaired) electrons. The quantitative estimate of drug-likeness (QED) is 0.823. The van der Waals surface area contributed by atoms with Crippen LogP contribution < -0.4 is 15.5 Å². The molecular formula is C21H21N3O3. The summed E-state index contributed by atoms with van der Waals surface area (Å²) in [6.07, 6.45) is 2.83. The number of amides is 3. The molecule has 2 N–H and O–H groups in total. The molecule has 3 amide bonds. The van der Waals surface area contributed by atoms with Crippen molar-refractivity contribution in [1.82, 2.24) is 0 Å². The highest BCUT2D eigenvalue weighted by molar-refractivity contribution is 6.43. The molecular weight excluding hydrogens is 342 g/mol. The molecule has 2 aromatic carbocycles. The Kier molecular flexibility index (Phi) is 4.39. The summed E-state index contributed by atoms with van der Waals surface area (Å²) in [5, 5.41) is 5.30. The van der Waals surface area contributed by atoms with E-state index in [-0.39, 0.29) is 5.91 Å². The topological polar surface area (TPSA) is 78.5 Å². The normalized spacial score (nSPS) is 14.7. The number of carbonyl (C=O) groups is 3. The highest BCUT2D eigenvalue weighted by Gasteiger charge is 2.31. The number of hydrogen-bond acceptors (Lipinski definition) is 3. The average Bonchev–Trinajstić information content (AvgIpc) is 3.10. The standard InChI is InChI=1S/C21H21N3O3/c1-2-13-3-6-16(7-4-13)22-20(26)21(27)23-17-11-14-5-8-18(25)24-10-9-15(12-17)19(14)24/h3-4,6-7,11-12H,2,5,8-10H2,1H3,(H,22,26)(H,23,27). The van der Waals surface area contributed by atoms with Gasteiger partial charge in [-0.2, -0.15) is 0 Å². The Morgan fingerprint density at radius 1 is 0.926 bits per heavy atom. The Labute approximate surface area is 157 Å². The summed E-state index contributed by atoms with van der Waals surface area (Å²) in [6, 6.07) is 11.1. The lowest BCUT2D eigenvalue weighted by Crippen LogP contribution is -2.33. The van der Waals surface area contributed by atoms with Crippen LogP contribution in [0.1, 0.15) is 30.0 Å². The first-order valence-electron chi connectivity index (χ1n) is 9.22. The number of aryl methyl sites for hydroxylation is 2. The van der Waals surface area contributed by atoms with Gasteiger partial charge in [-0.3, -0.25) is 14.4 Å². The van der Waals surface area contributed by atoms with Gasteiger partial charge in [0.05, 0.1) is 5.69 Å². The van der Waals surface area contributed by atoms with Crippen LogP contribution in [0.25, 0.3) is 0 Å². The lowest BCUT2D eigenvalue weighted by Gasteiger charge is -2.25. The van der Waals surface area contributed by atoms with Crippen LogP contribution in [0.5, 0.6) is 0 Å². The third-order valence-corrected chi connectivity index (χ3v) is 5.14. The first kappa shape index (κ1) is 17.3. The van der Waals surface area contributed by atoms with Crippen LogP contribution in [-0.4, -0.2) is 24.3 Å². The van der Waals surface area contributed by atoms with Gasteiger partial charge < -0.3 is 15.5 Å². The van der Waals surface area contributed by atoms with Crippen LogP contribution >= 0.6 is 0 Å². The van der Waals surface area contributed by atoms with Gasteiger partial charge in [0.15, 0.2) is 0 Å². The smallest absolute Gasteiger partial charge is 0.314 e. The van der Waals surface area contributed by atoms with Crippen LogP contribution in [0, 0.1) is 0 Å². The van der Waals surface area contributed by atoms with Crippen molar-refractivity contribution in [3.8, 4) is 0 Å². The zero-order chi connectivity index (χ0) is 19.0. The summed E-state index contributed by atoms with van der Waals surface area (Å²) in [5.41, 5.74) is 5.44. The number of benzene rings is 2. The van der Waals surface area contributed by atoms with E-state index in [2.05, 4.69) is 17.6 Å². The molecule has 2 aromatic rings. The molecule has 0 unspecified atom stereocenters. The second-order valence-electron chi connectivity index (χ2n) is 6.90. The maximum atomic E-state index is 12.3. The van der Waals surface area contributed by atoms with E-state index in [1.54, 1.807) is 12.1 Å². The Bertz CT molecular complexity index is 934. The fraction of sp³-hybridized carbons (Fsp3) is 0.286. The van der Waals surface area contributed by atoms with E-state index in [4.69, 9.17) is 0 Å². The maximum absolute atomic E-state index is 12.3. The molecule has 2 aliphatic heterocycles. The minimum atomic E-state index is -0.705. The summed E-state index contributed by atoms with van der Waals surface area (Å²) in [7, 11) is 0. The van der Waals surface area contributed by atoms with E-state index < -0.39 is 11.8 Å². The summed E-state index contributed by atoms with van der Waals surface area (Å²) in [4.78, 5) is 38.3. The van der Waals surface area contributed by atoms with Crippen LogP contribution in [0.3, 0.4) is 0 Å². The molecule has 4 rings (SSSR count). The van der Waals surface area contributed by atoms with E-state index in [1.807, 2.05) is 29.2 Å². The minimum absolute atomic E-state index is 0.159. The Balaban J connectivity index is 1.47. The van der Waals surface area contributed by atoms with Crippen LogP contribution in [-0.2, 0) is 33.6 Å². The van der Waals surface area contributed by atoms with Crippen molar-refractivity contribution >= 4 is 34.8 Å². The van der Waals surface area contributed by atoms with Crippen molar-refractivity contribution < 1.29 is 14.4 Å². The molecule has 0 spiro atoms. The first-order chi connectivity index (χ1) is 13.0. The molecule has 2 heterocycles. The Morgan fingerprint density at radius 2 is 1.56 bits per heavy atom. The molecule has 0 fully saturated rings. The van der Waals surface area contributed by atoms with Gasteiger partial charge in [0.25, 0.3) is 0 Å². The van der Waals surface area contributed by atoms with E-state index >= 15 is 0 Å². The summed E-state index contributed by atoms with van der Waals surface area (Å²) in [6.45, 7) is 2.74. The molecule has 0 bridgehead atoms. The fourth-order valence-electron chi connectivity index (χ4n) is 3.73. The molecule has 27 heavy (non-hydrogen) atoms. The summed E-state index contributed by atoms with van der Waals surface area (Å²) in [5.74, 6) is -1.25. The van der Waals surface area contributed by atoms with E-state index in [9.17, 15) is 14.4 Å². The third-order valence-electron chi connectivity index (χ3n) is 5.14. The monoisotopic (exact) mass is 363 g/mol. The summed E-state index contributed by atoms with van der Waals surface area (Å²) < 4.78 is 0. The molecule has 6 heteroatoms. The lowest BCUT2D eigenvalue weighted by molar-refractivity contribution is -0.132. The molecule has 2 aliphatic rings. The third kappa shape index (κ3) is 3.30. The first-order valence-corrected chi connectivity index (χ1v) is 9.22. The lowest BCUT2D eigenvalue weighted by atomic mass is 9.98. The van der Waals surface area contributed by atoms with Gasteiger partial charge >= 0.3 is 11.8 Å². The van der Waals surface area contributed by atoms with E-state index in [0.717, 1.165) is 35.2 Å². The number of anilines is 3. The van der Waals surface area contributed by atoms with Gasteiger partial charge in [0.1, 0.15) is 0 Å². The minimum Gasteiger partial charge on any atom is -0.318 e. The molecule has 0 saturated heterocycles. The van der Waals surface area contributed by atoms with Gasteiger partial charge in [0, 0.05) is 24.3 Å². The zero-order valence-electron chi connectivity index (χ0n) is 15.2. The van der Waals surface area contributed by atoms with E-state index in [0.29, 0.717) is 30.8 Å². The number of rotatable bonds is 3. The average molecular weight is 363 g/mol. The second-order valence-corrected chi connectivity index (χ2v) is 6.90. The molecule has 0 saturated carbocycles. The van der Waals surface area contributed by atoms with Crippen molar-refractivity contribution in [3.05, 3.63) is 53.1 Å². The van der Waals surface area contributed by atoms with Crippen LogP contribution in [0.15, 0.2) is 36.4 Å². The van der Waals surface area contributed by atoms with Crippen LogP contribution in [0.4, 0.5) is 17.1 Å². The SMILES string of the molecule is CCc1ccc(NC(=O)C(=O)Nc2cc3c4c(c2)CCN4C(=O)CC3)cc1. The molecule has 0 aromatic heterocycles. The van der Waals surface area contributed by atoms with Crippen molar-refractivity contribution in [3.63, 3.8) is 0 Å². The maximum Gasteiger partial charge on any atom is 0.314 e. The molecule has 0 atom stereocenters. The number of hydrogen-bond donors (Lipinski definition) is 2. The van der Waals surface area contributed by atoms with Gasteiger partial charge in [0.2, 0.25) is 5.91 Å². The van der Waals surface area contributed by atoms with Crippen molar-refractivity contribution in [2.75, 3.05) is 22.1 Å². The van der Waals surface area contributed by atoms with E-state index in [1.165, 1.54) is 0 Å². The van der Waals surface area contributed by atoms with Gasteiger partial charge in [-0.1, -0.05) is 19.1 Å². The molecule has 138 valence electrons. The highest BCUT2D eigenvalue weighted by atomic mass is 16.2. The molecule has 6 nitrogen and oxygen atoms in total. The Hall–Kier alpha value is -3.15. The second kappa shape index (κ2) is 6.87. The fourth-order valence-corrected chi connectivity index (χ4v) is 3.73. The van der Waals surface area contributed by atoms with Crippen molar-refractivity contribution in [2.45, 2.75) is 32.6 Å². The van der Waals surface area contributed by atoms with Gasteiger partial charge in [-0.05, 0) is 60.2 Å². The molecule has 0 aliphatic carbocycles. The number of nitrogens with one attached hydrogen (secondary N) is 2. The predicted molar refractivity (Wildman–Crippen MR) is 104 cm³/mol. The predicted octanol–water partition coefficient (Wildman–Crippen LogP) is 2.66. The van der Waals surface area contributed by atoms with Crippen molar-refractivity contribution in [1.29, 1.82) is 0 Å².